The first-order valence-corrected chi connectivity index (χ1v) is 10.00. The van der Waals surface area contributed by atoms with Gasteiger partial charge in [0.25, 0.3) is 0 Å². The van der Waals surface area contributed by atoms with E-state index in [4.69, 9.17) is 15.2 Å². The fourth-order valence-corrected chi connectivity index (χ4v) is 6.38. The van der Waals surface area contributed by atoms with Crippen LogP contribution in [-0.2, 0) is 9.84 Å². The first-order valence-electron chi connectivity index (χ1n) is 8.45. The van der Waals surface area contributed by atoms with E-state index in [2.05, 4.69) is 0 Å². The fraction of sp³-hybridized carbons (Fsp3) is 0.368. The van der Waals surface area contributed by atoms with Crippen LogP contribution in [0.5, 0.6) is 11.5 Å². The van der Waals surface area contributed by atoms with Crippen molar-refractivity contribution in [3.05, 3.63) is 53.6 Å². The van der Waals surface area contributed by atoms with Crippen LogP contribution in [0.1, 0.15) is 17.0 Å². The molecule has 1 aliphatic carbocycles. The van der Waals surface area contributed by atoms with Crippen LogP contribution in [0, 0.1) is 12.3 Å². The molecule has 6 nitrogen and oxygen atoms in total. The van der Waals surface area contributed by atoms with Crippen LogP contribution in [0.3, 0.4) is 0 Å². The van der Waals surface area contributed by atoms with Crippen LogP contribution in [0.15, 0.2) is 47.4 Å². The maximum Gasteiger partial charge on any atom is 0.231 e. The van der Waals surface area contributed by atoms with Crippen molar-refractivity contribution in [1.29, 1.82) is 0 Å². The van der Waals surface area contributed by atoms with Gasteiger partial charge in [-0.3, -0.25) is 0 Å². The molecule has 0 spiro atoms. The van der Waals surface area contributed by atoms with Gasteiger partial charge >= 0.3 is 0 Å². The molecule has 2 aromatic rings. The number of aliphatic hydroxyl groups excluding tert-OH is 1. The molecule has 0 radical (unpaired) electrons. The third-order valence-electron chi connectivity index (χ3n) is 5.49. The number of aryl methyl sites for hydroxylation is 1. The van der Waals surface area contributed by atoms with E-state index >= 15 is 0 Å². The van der Waals surface area contributed by atoms with Crippen LogP contribution in [0.25, 0.3) is 0 Å². The minimum Gasteiger partial charge on any atom is -0.454 e. The Morgan fingerprint density at radius 1 is 1.15 bits per heavy atom. The summed E-state index contributed by atoms with van der Waals surface area (Å²) in [5.74, 6) is 0.831. The van der Waals surface area contributed by atoms with Crippen LogP contribution < -0.4 is 15.2 Å². The van der Waals surface area contributed by atoms with Crippen molar-refractivity contribution in [3.63, 3.8) is 0 Å². The van der Waals surface area contributed by atoms with E-state index in [1.165, 1.54) is 0 Å². The van der Waals surface area contributed by atoms with Crippen molar-refractivity contribution in [2.75, 3.05) is 19.9 Å². The summed E-state index contributed by atoms with van der Waals surface area (Å²) in [5, 5.41) is 9.24. The molecule has 0 aromatic heterocycles. The number of hydrogen-bond acceptors (Lipinski definition) is 6. The molecule has 7 heteroatoms. The second-order valence-electron chi connectivity index (χ2n) is 6.96. The summed E-state index contributed by atoms with van der Waals surface area (Å²) in [6, 6.07) is 12.1. The predicted molar refractivity (Wildman–Crippen MR) is 96.0 cm³/mol. The highest BCUT2D eigenvalue weighted by atomic mass is 32.2. The van der Waals surface area contributed by atoms with Crippen LogP contribution in [0.2, 0.25) is 0 Å². The summed E-state index contributed by atoms with van der Waals surface area (Å²) in [6.07, 6.45) is 0. The van der Waals surface area contributed by atoms with E-state index in [-0.39, 0.29) is 24.8 Å². The molecule has 138 valence electrons. The average Bonchev–Trinajstić information content (AvgIpc) is 3.12. The molecule has 3 N–H and O–H groups in total. The van der Waals surface area contributed by atoms with Gasteiger partial charge in [-0.05, 0) is 36.8 Å². The molecule has 0 bridgehead atoms. The summed E-state index contributed by atoms with van der Waals surface area (Å²) in [4.78, 5) is 0.252. The number of benzene rings is 2. The zero-order valence-corrected chi connectivity index (χ0v) is 15.2. The summed E-state index contributed by atoms with van der Waals surface area (Å²) in [5.41, 5.74) is 6.81. The molecule has 1 heterocycles. The lowest BCUT2D eigenvalue weighted by Crippen LogP contribution is -2.27. The molecule has 0 amide bonds. The standard InChI is InChI=1S/C19H21NO5S/c1-12-2-5-14(6-3-12)26(22,23)18-17(19(18,9-20)10-21)13-4-7-15-16(8-13)25-11-24-15/h2-8,17-18,21H,9-11,20H2,1H3/t17-,18-,19+/m0/s1. The quantitative estimate of drug-likeness (QED) is 0.824. The molecule has 4 rings (SSSR count). The fourth-order valence-electron chi connectivity index (χ4n) is 3.93. The van der Waals surface area contributed by atoms with E-state index < -0.39 is 26.4 Å². The molecule has 2 aromatic carbocycles. The van der Waals surface area contributed by atoms with Gasteiger partial charge in [0.1, 0.15) is 0 Å². The van der Waals surface area contributed by atoms with Crippen molar-refractivity contribution < 1.29 is 23.0 Å². The van der Waals surface area contributed by atoms with Gasteiger partial charge in [0.05, 0.1) is 16.8 Å². The maximum atomic E-state index is 13.2. The Bertz CT molecular complexity index is 935. The first-order chi connectivity index (χ1) is 12.4. The van der Waals surface area contributed by atoms with E-state index in [1.807, 2.05) is 13.0 Å². The molecule has 0 unspecified atom stereocenters. The van der Waals surface area contributed by atoms with E-state index in [9.17, 15) is 13.5 Å². The number of nitrogens with two attached hydrogens (primary N) is 1. The lowest BCUT2D eigenvalue weighted by Gasteiger charge is -2.12. The number of rotatable bonds is 5. The second kappa shape index (κ2) is 5.97. The number of ether oxygens (including phenoxy) is 2. The summed E-state index contributed by atoms with van der Waals surface area (Å²) in [6.45, 7) is 1.84. The van der Waals surface area contributed by atoms with E-state index in [0.717, 1.165) is 11.1 Å². The lowest BCUT2D eigenvalue weighted by atomic mass is 10.00. The van der Waals surface area contributed by atoms with Crippen molar-refractivity contribution >= 4 is 9.84 Å². The highest BCUT2D eigenvalue weighted by molar-refractivity contribution is 7.92. The highest BCUT2D eigenvalue weighted by Gasteiger charge is 2.70. The summed E-state index contributed by atoms with van der Waals surface area (Å²) >= 11 is 0. The summed E-state index contributed by atoms with van der Waals surface area (Å²) < 4.78 is 37.2. The van der Waals surface area contributed by atoms with Crippen molar-refractivity contribution in [2.24, 2.45) is 11.1 Å². The number of fused-ring (bicyclic) bond motifs is 1. The number of hydrogen-bond donors (Lipinski definition) is 2. The third kappa shape index (κ3) is 2.42. The molecular formula is C19H21NO5S. The van der Waals surface area contributed by atoms with Gasteiger partial charge in [-0.15, -0.1) is 0 Å². The molecular weight excluding hydrogens is 354 g/mol. The topological polar surface area (TPSA) is 98.9 Å². The van der Waals surface area contributed by atoms with E-state index in [1.54, 1.807) is 36.4 Å². The molecule has 1 saturated carbocycles. The molecule has 0 saturated heterocycles. The molecule has 3 atom stereocenters. The number of aliphatic hydroxyl groups is 1. The lowest BCUT2D eigenvalue weighted by molar-refractivity contribution is 0.174. The average molecular weight is 375 g/mol. The zero-order chi connectivity index (χ0) is 18.5. The Kier molecular flexibility index (Phi) is 3.98. The first kappa shape index (κ1) is 17.3. The molecule has 2 aliphatic rings. The Labute approximate surface area is 152 Å². The molecule has 1 aliphatic heterocycles. The van der Waals surface area contributed by atoms with Gasteiger partial charge in [-0.25, -0.2) is 8.42 Å². The second-order valence-corrected chi connectivity index (χ2v) is 9.03. The SMILES string of the molecule is Cc1ccc(S(=O)(=O)[C@H]2[C@H](c3ccc4c(c3)OCO4)[C@@]2(CN)CO)cc1. The maximum absolute atomic E-state index is 13.2. The van der Waals surface area contributed by atoms with Crippen LogP contribution >= 0.6 is 0 Å². The van der Waals surface area contributed by atoms with Crippen molar-refractivity contribution in [2.45, 2.75) is 23.0 Å². The van der Waals surface area contributed by atoms with Crippen LogP contribution in [-0.4, -0.2) is 38.7 Å². The zero-order valence-electron chi connectivity index (χ0n) is 14.4. The Balaban J connectivity index is 1.76. The van der Waals surface area contributed by atoms with Gasteiger partial charge in [0.2, 0.25) is 6.79 Å². The molecule has 26 heavy (non-hydrogen) atoms. The largest absolute Gasteiger partial charge is 0.454 e. The van der Waals surface area contributed by atoms with Gasteiger partial charge < -0.3 is 20.3 Å². The smallest absolute Gasteiger partial charge is 0.231 e. The van der Waals surface area contributed by atoms with Gasteiger partial charge in [-0.2, -0.15) is 0 Å². The van der Waals surface area contributed by atoms with Gasteiger partial charge in [0.15, 0.2) is 21.3 Å². The highest BCUT2D eigenvalue weighted by Crippen LogP contribution is 2.63. The predicted octanol–water partition coefficient (Wildman–Crippen LogP) is 1.60. The monoisotopic (exact) mass is 375 g/mol. The molecule has 1 fully saturated rings. The summed E-state index contributed by atoms with van der Waals surface area (Å²) in [7, 11) is -3.64. The minimum absolute atomic E-state index is 0.0817. The minimum atomic E-state index is -3.64. The normalized spacial score (nSPS) is 26.7. The van der Waals surface area contributed by atoms with Crippen molar-refractivity contribution in [1.82, 2.24) is 0 Å². The van der Waals surface area contributed by atoms with Gasteiger partial charge in [0, 0.05) is 17.9 Å². The Morgan fingerprint density at radius 3 is 2.50 bits per heavy atom. The third-order valence-corrected chi connectivity index (χ3v) is 7.83. The van der Waals surface area contributed by atoms with Gasteiger partial charge in [-0.1, -0.05) is 23.8 Å². The Hall–Kier alpha value is -2.09. The van der Waals surface area contributed by atoms with E-state index in [0.29, 0.717) is 11.5 Å². The van der Waals surface area contributed by atoms with Crippen molar-refractivity contribution in [3.8, 4) is 11.5 Å². The number of sulfone groups is 1. The van der Waals surface area contributed by atoms with Crippen LogP contribution in [0.4, 0.5) is 0 Å². The Morgan fingerprint density at radius 2 is 1.85 bits per heavy atom.